The van der Waals surface area contributed by atoms with E-state index in [-0.39, 0.29) is 0 Å². The maximum absolute atomic E-state index is 6.11. The zero-order chi connectivity index (χ0) is 15.8. The Hall–Kier alpha value is -1.56. The first-order valence-corrected chi connectivity index (χ1v) is 7.61. The van der Waals surface area contributed by atoms with Gasteiger partial charge < -0.3 is 20.7 Å². The normalized spacial score (nSPS) is 11.2. The second kappa shape index (κ2) is 8.67. The van der Waals surface area contributed by atoms with E-state index in [0.29, 0.717) is 29.9 Å². The molecule has 120 valence electrons. The Bertz CT molecular complexity index is 434. The molecule has 1 aromatic rings. The number of nitrogens with one attached hydrogen (secondary N) is 1. The Kier molecular flexibility index (Phi) is 7.22. The fourth-order valence-electron chi connectivity index (χ4n) is 1.74. The van der Waals surface area contributed by atoms with E-state index < -0.39 is 0 Å². The number of nitrogens with two attached hydrogens (primary N) is 1. The van der Waals surface area contributed by atoms with E-state index in [4.69, 9.17) is 10.5 Å². The first-order valence-electron chi connectivity index (χ1n) is 7.61. The van der Waals surface area contributed by atoms with Crippen LogP contribution in [-0.4, -0.2) is 48.7 Å². The maximum Gasteiger partial charge on any atom is 0.242 e. The van der Waals surface area contributed by atoms with Gasteiger partial charge in [-0.05, 0) is 33.0 Å². The zero-order valence-corrected chi connectivity index (χ0v) is 13.9. The van der Waals surface area contributed by atoms with Crippen LogP contribution in [0.25, 0.3) is 0 Å². The van der Waals surface area contributed by atoms with Crippen molar-refractivity contribution in [1.82, 2.24) is 14.9 Å². The molecule has 0 fully saturated rings. The summed E-state index contributed by atoms with van der Waals surface area (Å²) in [6, 6.07) is 0. The van der Waals surface area contributed by atoms with Gasteiger partial charge in [0.15, 0.2) is 5.82 Å². The predicted octanol–water partition coefficient (Wildman–Crippen LogP) is 2.02. The number of hydrogen-bond acceptors (Lipinski definition) is 6. The Morgan fingerprint density at radius 1 is 1.29 bits per heavy atom. The molecule has 0 amide bonds. The molecule has 0 saturated heterocycles. The molecule has 1 aromatic heterocycles. The van der Waals surface area contributed by atoms with Gasteiger partial charge in [0.1, 0.15) is 11.5 Å². The summed E-state index contributed by atoms with van der Waals surface area (Å²) < 4.78 is 5.70. The van der Waals surface area contributed by atoms with Gasteiger partial charge in [-0.1, -0.05) is 20.8 Å². The van der Waals surface area contributed by atoms with Crippen molar-refractivity contribution >= 4 is 11.5 Å². The van der Waals surface area contributed by atoms with Gasteiger partial charge in [0, 0.05) is 13.0 Å². The third kappa shape index (κ3) is 6.16. The van der Waals surface area contributed by atoms with E-state index >= 15 is 0 Å². The minimum absolute atomic E-state index is 0.431. The quantitative estimate of drug-likeness (QED) is 0.679. The minimum Gasteiger partial charge on any atom is -0.476 e. The molecule has 6 heteroatoms. The molecule has 0 aliphatic heterocycles. The van der Waals surface area contributed by atoms with E-state index in [1.54, 1.807) is 0 Å². The Labute approximate surface area is 128 Å². The van der Waals surface area contributed by atoms with Crippen LogP contribution in [0.5, 0.6) is 5.88 Å². The average Bonchev–Trinajstić information content (AvgIpc) is 2.43. The molecule has 3 N–H and O–H groups in total. The number of anilines is 2. The number of nitrogens with zero attached hydrogens (tertiary/aromatic N) is 3. The number of nitrogen functional groups attached to an aromatic ring is 1. The molecule has 0 radical (unpaired) electrons. The molecule has 1 rings (SSSR count). The van der Waals surface area contributed by atoms with E-state index in [1.165, 1.54) is 0 Å². The lowest BCUT2D eigenvalue weighted by Gasteiger charge is -2.15. The molecule has 0 aliphatic carbocycles. The van der Waals surface area contributed by atoms with Gasteiger partial charge in [-0.15, -0.1) is 0 Å². The van der Waals surface area contributed by atoms with Crippen LogP contribution in [0.15, 0.2) is 0 Å². The van der Waals surface area contributed by atoms with Gasteiger partial charge in [0.2, 0.25) is 5.88 Å². The topological polar surface area (TPSA) is 76.3 Å². The summed E-state index contributed by atoms with van der Waals surface area (Å²) in [5.74, 6) is 2.35. The fraction of sp³-hybridized carbons (Fsp3) is 0.733. The van der Waals surface area contributed by atoms with Crippen molar-refractivity contribution in [2.45, 2.75) is 33.6 Å². The molecular weight excluding hydrogens is 266 g/mol. The Balaban J connectivity index is 2.74. The van der Waals surface area contributed by atoms with Gasteiger partial charge in [-0.25, -0.2) is 4.98 Å². The van der Waals surface area contributed by atoms with Crippen LogP contribution in [0.2, 0.25) is 0 Å². The van der Waals surface area contributed by atoms with Gasteiger partial charge >= 0.3 is 0 Å². The van der Waals surface area contributed by atoms with E-state index in [0.717, 1.165) is 31.8 Å². The number of hydrogen-bond donors (Lipinski definition) is 2. The fourth-order valence-corrected chi connectivity index (χ4v) is 1.74. The summed E-state index contributed by atoms with van der Waals surface area (Å²) in [6.07, 6.45) is 1.78. The van der Waals surface area contributed by atoms with Crippen LogP contribution in [0.1, 0.15) is 33.0 Å². The monoisotopic (exact) mass is 295 g/mol. The standard InChI is InChI=1S/C15H29N5O/c1-6-12-18-14(17-8-7-9-20(4)5)13(16)15(19-12)21-10-11(2)3/h11H,6-10,16H2,1-5H3,(H,17,18,19). The zero-order valence-electron chi connectivity index (χ0n) is 13.9. The number of rotatable bonds is 9. The summed E-state index contributed by atoms with van der Waals surface area (Å²) in [6.45, 7) is 8.66. The minimum atomic E-state index is 0.431. The Morgan fingerprint density at radius 2 is 2.00 bits per heavy atom. The molecular formula is C15H29N5O. The summed E-state index contributed by atoms with van der Waals surface area (Å²) >= 11 is 0. The van der Waals surface area contributed by atoms with Crippen molar-refractivity contribution in [3.05, 3.63) is 5.82 Å². The summed E-state index contributed by atoms with van der Waals surface area (Å²) in [4.78, 5) is 11.0. The van der Waals surface area contributed by atoms with Crippen molar-refractivity contribution in [3.8, 4) is 5.88 Å². The van der Waals surface area contributed by atoms with Gasteiger partial charge in [0.05, 0.1) is 6.61 Å². The largest absolute Gasteiger partial charge is 0.476 e. The third-order valence-corrected chi connectivity index (χ3v) is 2.90. The van der Waals surface area contributed by atoms with Crippen molar-refractivity contribution < 1.29 is 4.74 Å². The van der Waals surface area contributed by atoms with Crippen LogP contribution in [0.4, 0.5) is 11.5 Å². The van der Waals surface area contributed by atoms with Gasteiger partial charge in [-0.3, -0.25) is 0 Å². The van der Waals surface area contributed by atoms with Crippen LogP contribution in [0.3, 0.4) is 0 Å². The van der Waals surface area contributed by atoms with Crippen molar-refractivity contribution in [2.75, 3.05) is 44.8 Å². The van der Waals surface area contributed by atoms with E-state index in [2.05, 4.69) is 48.1 Å². The molecule has 0 unspecified atom stereocenters. The molecule has 6 nitrogen and oxygen atoms in total. The van der Waals surface area contributed by atoms with Gasteiger partial charge in [0.25, 0.3) is 0 Å². The number of aromatic nitrogens is 2. The van der Waals surface area contributed by atoms with Gasteiger partial charge in [-0.2, -0.15) is 4.98 Å². The molecule has 0 aromatic carbocycles. The Morgan fingerprint density at radius 3 is 2.57 bits per heavy atom. The second-order valence-electron chi connectivity index (χ2n) is 5.85. The molecule has 0 saturated carbocycles. The number of ether oxygens (including phenoxy) is 1. The van der Waals surface area contributed by atoms with E-state index in [9.17, 15) is 0 Å². The first kappa shape index (κ1) is 17.5. The smallest absolute Gasteiger partial charge is 0.242 e. The average molecular weight is 295 g/mol. The molecule has 21 heavy (non-hydrogen) atoms. The lowest BCUT2D eigenvalue weighted by atomic mass is 10.2. The highest BCUT2D eigenvalue weighted by Gasteiger charge is 2.12. The lowest BCUT2D eigenvalue weighted by Crippen LogP contribution is -2.18. The molecule has 1 heterocycles. The highest BCUT2D eigenvalue weighted by molar-refractivity contribution is 5.66. The van der Waals surface area contributed by atoms with Crippen molar-refractivity contribution in [3.63, 3.8) is 0 Å². The maximum atomic E-state index is 6.11. The first-order chi connectivity index (χ1) is 9.93. The van der Waals surface area contributed by atoms with Crippen LogP contribution in [-0.2, 0) is 6.42 Å². The van der Waals surface area contributed by atoms with Crippen molar-refractivity contribution in [2.24, 2.45) is 5.92 Å². The molecule has 0 atom stereocenters. The van der Waals surface area contributed by atoms with Crippen LogP contribution in [0, 0.1) is 5.92 Å². The summed E-state index contributed by atoms with van der Waals surface area (Å²) in [7, 11) is 4.12. The lowest BCUT2D eigenvalue weighted by molar-refractivity contribution is 0.262. The highest BCUT2D eigenvalue weighted by Crippen LogP contribution is 2.26. The highest BCUT2D eigenvalue weighted by atomic mass is 16.5. The third-order valence-electron chi connectivity index (χ3n) is 2.90. The summed E-state index contributed by atoms with van der Waals surface area (Å²) in [5, 5.41) is 3.29. The molecule has 0 aliphatic rings. The SMILES string of the molecule is CCc1nc(NCCCN(C)C)c(N)c(OCC(C)C)n1. The van der Waals surface area contributed by atoms with E-state index in [1.807, 2.05) is 6.92 Å². The van der Waals surface area contributed by atoms with Crippen molar-refractivity contribution in [1.29, 1.82) is 0 Å². The number of aryl methyl sites for hydroxylation is 1. The van der Waals surface area contributed by atoms with Crippen LogP contribution >= 0.6 is 0 Å². The molecule has 0 spiro atoms. The second-order valence-corrected chi connectivity index (χ2v) is 5.85. The molecule has 0 bridgehead atoms. The predicted molar refractivity (Wildman–Crippen MR) is 87.8 cm³/mol. The van der Waals surface area contributed by atoms with Crippen LogP contribution < -0.4 is 15.8 Å². The summed E-state index contributed by atoms with van der Waals surface area (Å²) in [5.41, 5.74) is 6.61.